The van der Waals surface area contributed by atoms with Crippen molar-refractivity contribution in [1.82, 2.24) is 5.32 Å². The molecular weight excluding hydrogens is 174 g/mol. The van der Waals surface area contributed by atoms with E-state index in [0.29, 0.717) is 0 Å². The molecule has 0 radical (unpaired) electrons. The Morgan fingerprint density at radius 1 is 1.21 bits per heavy atom. The second-order valence-electron chi connectivity index (χ2n) is 5.15. The van der Waals surface area contributed by atoms with Crippen LogP contribution in [0.15, 0.2) is 0 Å². The fraction of sp³-hybridized carbons (Fsp3) is 1.00. The van der Waals surface area contributed by atoms with Crippen LogP contribution in [0.1, 0.15) is 45.4 Å². The van der Waals surface area contributed by atoms with Crippen LogP contribution >= 0.6 is 0 Å². The van der Waals surface area contributed by atoms with Crippen LogP contribution in [0.5, 0.6) is 0 Å². The van der Waals surface area contributed by atoms with Crippen LogP contribution < -0.4 is 5.32 Å². The summed E-state index contributed by atoms with van der Waals surface area (Å²) in [6, 6.07) is 0.823. The Balaban J connectivity index is 1.57. The average molecular weight is 197 g/mol. The summed E-state index contributed by atoms with van der Waals surface area (Å²) in [7, 11) is 0. The van der Waals surface area contributed by atoms with E-state index in [1.54, 1.807) is 0 Å². The highest BCUT2D eigenvalue weighted by Gasteiger charge is 2.40. The SMILES string of the molecule is CC(O)CCCNC(C1CC1)C1CC1. The van der Waals surface area contributed by atoms with Gasteiger partial charge < -0.3 is 10.4 Å². The van der Waals surface area contributed by atoms with Crippen molar-refractivity contribution in [3.05, 3.63) is 0 Å². The molecule has 14 heavy (non-hydrogen) atoms. The van der Waals surface area contributed by atoms with Crippen molar-refractivity contribution in [3.8, 4) is 0 Å². The maximum atomic E-state index is 9.13. The van der Waals surface area contributed by atoms with Gasteiger partial charge in [0.2, 0.25) is 0 Å². The van der Waals surface area contributed by atoms with Crippen LogP contribution in [-0.4, -0.2) is 23.8 Å². The summed E-state index contributed by atoms with van der Waals surface area (Å²) in [6.45, 7) is 2.97. The number of rotatable bonds is 7. The molecule has 2 aliphatic rings. The lowest BCUT2D eigenvalue weighted by Gasteiger charge is -2.17. The van der Waals surface area contributed by atoms with E-state index in [2.05, 4.69) is 5.32 Å². The van der Waals surface area contributed by atoms with Crippen LogP contribution in [0, 0.1) is 11.8 Å². The van der Waals surface area contributed by atoms with Gasteiger partial charge in [-0.15, -0.1) is 0 Å². The molecule has 0 aromatic carbocycles. The molecule has 0 spiro atoms. The maximum absolute atomic E-state index is 9.13. The molecule has 0 bridgehead atoms. The number of hydrogen-bond donors (Lipinski definition) is 2. The molecule has 2 rings (SSSR count). The molecule has 1 unspecified atom stereocenters. The zero-order valence-electron chi connectivity index (χ0n) is 9.21. The van der Waals surface area contributed by atoms with E-state index in [0.717, 1.165) is 37.3 Å². The summed E-state index contributed by atoms with van der Waals surface area (Å²) < 4.78 is 0. The lowest BCUT2D eigenvalue weighted by molar-refractivity contribution is 0.180. The third-order valence-electron chi connectivity index (χ3n) is 3.44. The molecule has 0 heterocycles. The molecule has 0 aliphatic heterocycles. The van der Waals surface area contributed by atoms with Gasteiger partial charge in [-0.05, 0) is 63.8 Å². The zero-order chi connectivity index (χ0) is 9.97. The molecule has 2 N–H and O–H groups in total. The molecule has 2 nitrogen and oxygen atoms in total. The summed E-state index contributed by atoms with van der Waals surface area (Å²) >= 11 is 0. The Morgan fingerprint density at radius 2 is 1.79 bits per heavy atom. The molecule has 0 amide bonds. The summed E-state index contributed by atoms with van der Waals surface area (Å²) in [4.78, 5) is 0. The van der Waals surface area contributed by atoms with Gasteiger partial charge in [0.1, 0.15) is 0 Å². The van der Waals surface area contributed by atoms with Gasteiger partial charge in [-0.1, -0.05) is 0 Å². The number of aliphatic hydroxyl groups excluding tert-OH is 1. The van der Waals surface area contributed by atoms with E-state index in [4.69, 9.17) is 5.11 Å². The van der Waals surface area contributed by atoms with Crippen LogP contribution in [0.25, 0.3) is 0 Å². The van der Waals surface area contributed by atoms with Gasteiger partial charge in [0.15, 0.2) is 0 Å². The fourth-order valence-corrected chi connectivity index (χ4v) is 2.30. The minimum absolute atomic E-state index is 0.128. The normalized spacial score (nSPS) is 24.2. The lowest BCUT2D eigenvalue weighted by Crippen LogP contribution is -2.34. The van der Waals surface area contributed by atoms with Gasteiger partial charge in [0.05, 0.1) is 6.10 Å². The largest absolute Gasteiger partial charge is 0.393 e. The van der Waals surface area contributed by atoms with E-state index < -0.39 is 0 Å². The van der Waals surface area contributed by atoms with E-state index in [-0.39, 0.29) is 6.10 Å². The van der Waals surface area contributed by atoms with Crippen LogP contribution in [-0.2, 0) is 0 Å². The third-order valence-corrected chi connectivity index (χ3v) is 3.44. The van der Waals surface area contributed by atoms with Crippen LogP contribution in [0.4, 0.5) is 0 Å². The van der Waals surface area contributed by atoms with Crippen molar-refractivity contribution in [2.24, 2.45) is 11.8 Å². The van der Waals surface area contributed by atoms with Crippen molar-refractivity contribution >= 4 is 0 Å². The number of hydrogen-bond acceptors (Lipinski definition) is 2. The zero-order valence-corrected chi connectivity index (χ0v) is 9.21. The standard InChI is InChI=1S/C12H23NO/c1-9(14)3-2-8-13-12(10-4-5-10)11-6-7-11/h9-14H,2-8H2,1H3. The molecule has 2 aliphatic carbocycles. The Bertz CT molecular complexity index is 161. The highest BCUT2D eigenvalue weighted by molar-refractivity contribution is 4.96. The molecule has 2 heteroatoms. The van der Waals surface area contributed by atoms with Crippen LogP contribution in [0.2, 0.25) is 0 Å². The minimum atomic E-state index is -0.128. The number of aliphatic hydroxyl groups is 1. The highest BCUT2D eigenvalue weighted by Crippen LogP contribution is 2.44. The van der Waals surface area contributed by atoms with E-state index in [9.17, 15) is 0 Å². The highest BCUT2D eigenvalue weighted by atomic mass is 16.3. The summed E-state index contributed by atoms with van der Waals surface area (Å²) in [5, 5.41) is 12.8. The first-order valence-corrected chi connectivity index (χ1v) is 6.19. The minimum Gasteiger partial charge on any atom is -0.393 e. The van der Waals surface area contributed by atoms with Crippen molar-refractivity contribution in [1.29, 1.82) is 0 Å². The van der Waals surface area contributed by atoms with E-state index in [1.807, 2.05) is 6.92 Å². The van der Waals surface area contributed by atoms with Gasteiger partial charge in [0, 0.05) is 6.04 Å². The molecule has 82 valence electrons. The van der Waals surface area contributed by atoms with Crippen molar-refractivity contribution in [2.45, 2.75) is 57.6 Å². The average Bonchev–Trinajstić information content (AvgIpc) is 2.99. The van der Waals surface area contributed by atoms with Gasteiger partial charge in [-0.25, -0.2) is 0 Å². The van der Waals surface area contributed by atoms with Crippen molar-refractivity contribution in [3.63, 3.8) is 0 Å². The van der Waals surface area contributed by atoms with Gasteiger partial charge in [0.25, 0.3) is 0 Å². The van der Waals surface area contributed by atoms with Gasteiger partial charge in [-0.3, -0.25) is 0 Å². The first-order valence-electron chi connectivity index (χ1n) is 6.19. The van der Waals surface area contributed by atoms with Crippen molar-refractivity contribution < 1.29 is 5.11 Å². The summed E-state index contributed by atoms with van der Waals surface area (Å²) in [6.07, 6.45) is 7.73. The molecule has 2 fully saturated rings. The quantitative estimate of drug-likeness (QED) is 0.611. The second kappa shape index (κ2) is 4.63. The van der Waals surface area contributed by atoms with Gasteiger partial charge in [-0.2, -0.15) is 0 Å². The Labute approximate surface area is 87.1 Å². The third kappa shape index (κ3) is 3.25. The lowest BCUT2D eigenvalue weighted by atomic mass is 10.1. The topological polar surface area (TPSA) is 32.3 Å². The van der Waals surface area contributed by atoms with Crippen LogP contribution in [0.3, 0.4) is 0 Å². The summed E-state index contributed by atoms with van der Waals surface area (Å²) in [5.74, 6) is 1.99. The fourth-order valence-electron chi connectivity index (χ4n) is 2.30. The van der Waals surface area contributed by atoms with E-state index >= 15 is 0 Å². The molecular formula is C12H23NO. The predicted molar refractivity (Wildman–Crippen MR) is 58.2 cm³/mol. The molecule has 2 saturated carbocycles. The Morgan fingerprint density at radius 3 is 2.21 bits per heavy atom. The Kier molecular flexibility index (Phi) is 3.45. The molecule has 0 aromatic rings. The number of nitrogens with one attached hydrogen (secondary N) is 1. The monoisotopic (exact) mass is 197 g/mol. The van der Waals surface area contributed by atoms with E-state index in [1.165, 1.54) is 25.7 Å². The Hall–Kier alpha value is -0.0800. The summed E-state index contributed by atoms with van der Waals surface area (Å²) in [5.41, 5.74) is 0. The maximum Gasteiger partial charge on any atom is 0.0512 e. The first kappa shape index (κ1) is 10.4. The molecule has 1 atom stereocenters. The smallest absolute Gasteiger partial charge is 0.0512 e. The first-order chi connectivity index (χ1) is 6.77. The van der Waals surface area contributed by atoms with Gasteiger partial charge >= 0.3 is 0 Å². The van der Waals surface area contributed by atoms with Crippen molar-refractivity contribution in [2.75, 3.05) is 6.54 Å². The second-order valence-corrected chi connectivity index (χ2v) is 5.15. The molecule has 0 aromatic heterocycles. The molecule has 0 saturated heterocycles. The predicted octanol–water partition coefficient (Wildman–Crippen LogP) is 1.93.